The van der Waals surface area contributed by atoms with Gasteiger partial charge in [-0.05, 0) is 30.2 Å². The zero-order chi connectivity index (χ0) is 17.8. The van der Waals surface area contributed by atoms with Crippen LogP contribution in [0.4, 0.5) is 5.69 Å². The van der Waals surface area contributed by atoms with E-state index in [1.165, 1.54) is 0 Å². The highest BCUT2D eigenvalue weighted by Gasteiger charge is 2.24. The number of hydrogen-bond donors (Lipinski definition) is 2. The predicted molar refractivity (Wildman–Crippen MR) is 93.9 cm³/mol. The summed E-state index contributed by atoms with van der Waals surface area (Å²) >= 11 is 0. The Bertz CT molecular complexity index is 805. The summed E-state index contributed by atoms with van der Waals surface area (Å²) in [7, 11) is 0. The molecule has 1 saturated heterocycles. The number of anilines is 1. The Morgan fingerprint density at radius 3 is 2.48 bits per heavy atom. The van der Waals surface area contributed by atoms with E-state index in [4.69, 9.17) is 5.73 Å². The number of nitrogens with one attached hydrogen (secondary N) is 1. The first-order valence-corrected chi connectivity index (χ1v) is 8.12. The summed E-state index contributed by atoms with van der Waals surface area (Å²) in [6.07, 6.45) is 1.33. The van der Waals surface area contributed by atoms with Crippen LogP contribution in [0.3, 0.4) is 0 Å². The van der Waals surface area contributed by atoms with Gasteiger partial charge >= 0.3 is 0 Å². The van der Waals surface area contributed by atoms with Gasteiger partial charge in [0.25, 0.3) is 5.91 Å². The van der Waals surface area contributed by atoms with Crippen molar-refractivity contribution < 1.29 is 14.4 Å². The van der Waals surface area contributed by atoms with Crippen molar-refractivity contribution in [3.05, 3.63) is 65.7 Å². The molecule has 1 heterocycles. The van der Waals surface area contributed by atoms with E-state index in [-0.39, 0.29) is 5.91 Å². The third-order valence-electron chi connectivity index (χ3n) is 4.19. The zero-order valence-corrected chi connectivity index (χ0v) is 13.6. The van der Waals surface area contributed by atoms with Gasteiger partial charge in [-0.2, -0.15) is 0 Å². The van der Waals surface area contributed by atoms with Crippen molar-refractivity contribution >= 4 is 23.4 Å². The first kappa shape index (κ1) is 16.7. The maximum absolute atomic E-state index is 12.6. The van der Waals surface area contributed by atoms with Crippen LogP contribution in [-0.4, -0.2) is 24.3 Å². The van der Waals surface area contributed by atoms with Gasteiger partial charge in [0.1, 0.15) is 6.04 Å². The van der Waals surface area contributed by atoms with Crippen LogP contribution >= 0.6 is 0 Å². The van der Waals surface area contributed by atoms with Crippen molar-refractivity contribution in [3.63, 3.8) is 0 Å². The van der Waals surface area contributed by atoms with Gasteiger partial charge in [0.15, 0.2) is 0 Å². The first-order chi connectivity index (χ1) is 12.1. The van der Waals surface area contributed by atoms with Crippen molar-refractivity contribution in [2.24, 2.45) is 5.73 Å². The van der Waals surface area contributed by atoms with Crippen molar-refractivity contribution in [2.45, 2.75) is 18.9 Å². The molecule has 0 spiro atoms. The summed E-state index contributed by atoms with van der Waals surface area (Å²) in [5, 5.41) is 2.66. The van der Waals surface area contributed by atoms with E-state index in [1.807, 2.05) is 6.07 Å². The molecule has 1 aliphatic heterocycles. The Morgan fingerprint density at radius 1 is 1.08 bits per heavy atom. The largest absolute Gasteiger partial charge is 0.368 e. The SMILES string of the molecule is NC(=O)C(NC(=O)c1cccc(N2CCCC2=O)c1)c1ccccc1. The minimum atomic E-state index is -0.911. The Balaban J connectivity index is 1.80. The smallest absolute Gasteiger partial charge is 0.252 e. The normalized spacial score (nSPS) is 15.0. The molecule has 2 aromatic rings. The number of primary amides is 1. The Hall–Kier alpha value is -3.15. The number of benzene rings is 2. The summed E-state index contributed by atoms with van der Waals surface area (Å²) in [5.41, 5.74) is 7.12. The topological polar surface area (TPSA) is 92.5 Å². The second-order valence-corrected chi connectivity index (χ2v) is 5.92. The number of rotatable bonds is 5. The van der Waals surface area contributed by atoms with E-state index < -0.39 is 17.9 Å². The molecule has 1 aliphatic rings. The molecule has 6 heteroatoms. The lowest BCUT2D eigenvalue weighted by atomic mass is 10.1. The Morgan fingerprint density at radius 2 is 1.84 bits per heavy atom. The summed E-state index contributed by atoms with van der Waals surface area (Å²) in [5.74, 6) is -0.997. The van der Waals surface area contributed by atoms with Gasteiger partial charge in [0.2, 0.25) is 11.8 Å². The average Bonchev–Trinajstić information content (AvgIpc) is 3.06. The Labute approximate surface area is 145 Å². The third-order valence-corrected chi connectivity index (χ3v) is 4.19. The summed E-state index contributed by atoms with van der Waals surface area (Å²) in [6, 6.07) is 14.7. The lowest BCUT2D eigenvalue weighted by Gasteiger charge is -2.18. The van der Waals surface area contributed by atoms with E-state index in [0.717, 1.165) is 6.42 Å². The molecule has 1 fully saturated rings. The molecule has 128 valence electrons. The van der Waals surface area contributed by atoms with Crippen LogP contribution < -0.4 is 16.0 Å². The van der Waals surface area contributed by atoms with Gasteiger partial charge in [0.05, 0.1) is 0 Å². The average molecular weight is 337 g/mol. The van der Waals surface area contributed by atoms with Crippen LogP contribution in [0.5, 0.6) is 0 Å². The third kappa shape index (κ3) is 3.68. The number of carbonyl (C=O) groups is 3. The molecule has 1 unspecified atom stereocenters. The van der Waals surface area contributed by atoms with E-state index in [2.05, 4.69) is 5.32 Å². The van der Waals surface area contributed by atoms with E-state index in [1.54, 1.807) is 53.4 Å². The highest BCUT2D eigenvalue weighted by Crippen LogP contribution is 2.22. The van der Waals surface area contributed by atoms with Crippen LogP contribution in [0.15, 0.2) is 54.6 Å². The van der Waals surface area contributed by atoms with Crippen LogP contribution in [0, 0.1) is 0 Å². The number of carbonyl (C=O) groups excluding carboxylic acids is 3. The van der Waals surface area contributed by atoms with Crippen molar-refractivity contribution in [1.29, 1.82) is 0 Å². The number of nitrogens with two attached hydrogens (primary N) is 1. The second kappa shape index (κ2) is 7.17. The molecule has 1 atom stereocenters. The zero-order valence-electron chi connectivity index (χ0n) is 13.6. The number of nitrogens with zero attached hydrogens (tertiary/aromatic N) is 1. The maximum Gasteiger partial charge on any atom is 0.252 e. The fourth-order valence-corrected chi connectivity index (χ4v) is 2.91. The van der Waals surface area contributed by atoms with E-state index in [9.17, 15) is 14.4 Å². The molecule has 25 heavy (non-hydrogen) atoms. The van der Waals surface area contributed by atoms with Crippen LogP contribution in [0.2, 0.25) is 0 Å². The first-order valence-electron chi connectivity index (χ1n) is 8.12. The lowest BCUT2D eigenvalue weighted by molar-refractivity contribution is -0.120. The van der Waals surface area contributed by atoms with Crippen molar-refractivity contribution in [2.75, 3.05) is 11.4 Å². The molecule has 3 N–H and O–H groups in total. The molecule has 0 aromatic heterocycles. The van der Waals surface area contributed by atoms with Gasteiger partial charge in [-0.3, -0.25) is 14.4 Å². The fraction of sp³-hybridized carbons (Fsp3) is 0.211. The monoisotopic (exact) mass is 337 g/mol. The predicted octanol–water partition coefficient (Wildman–Crippen LogP) is 1.77. The van der Waals surface area contributed by atoms with Gasteiger partial charge < -0.3 is 16.0 Å². The van der Waals surface area contributed by atoms with E-state index in [0.29, 0.717) is 29.8 Å². The fourth-order valence-electron chi connectivity index (χ4n) is 2.91. The summed E-state index contributed by atoms with van der Waals surface area (Å²) in [6.45, 7) is 0.651. The molecular formula is C19H19N3O3. The van der Waals surface area contributed by atoms with Gasteiger partial charge in [0, 0.05) is 24.2 Å². The second-order valence-electron chi connectivity index (χ2n) is 5.92. The number of hydrogen-bond acceptors (Lipinski definition) is 3. The quantitative estimate of drug-likeness (QED) is 0.871. The minimum Gasteiger partial charge on any atom is -0.368 e. The molecular weight excluding hydrogens is 318 g/mol. The van der Waals surface area contributed by atoms with Crippen molar-refractivity contribution in [1.82, 2.24) is 5.32 Å². The van der Waals surface area contributed by atoms with Gasteiger partial charge in [-0.1, -0.05) is 36.4 Å². The highest BCUT2D eigenvalue weighted by molar-refractivity contribution is 6.00. The minimum absolute atomic E-state index is 0.0526. The summed E-state index contributed by atoms with van der Waals surface area (Å²) in [4.78, 5) is 37.8. The summed E-state index contributed by atoms with van der Waals surface area (Å²) < 4.78 is 0. The standard InChI is InChI=1S/C19H19N3O3/c20-18(24)17(13-6-2-1-3-7-13)21-19(25)14-8-4-9-15(12-14)22-11-5-10-16(22)23/h1-4,6-9,12,17H,5,10-11H2,(H2,20,24)(H,21,25). The van der Waals surface area contributed by atoms with Gasteiger partial charge in [-0.15, -0.1) is 0 Å². The molecule has 3 rings (SSSR count). The van der Waals surface area contributed by atoms with Gasteiger partial charge in [-0.25, -0.2) is 0 Å². The lowest BCUT2D eigenvalue weighted by Crippen LogP contribution is -2.37. The van der Waals surface area contributed by atoms with Crippen LogP contribution in [0.1, 0.15) is 34.8 Å². The molecule has 0 saturated carbocycles. The highest BCUT2D eigenvalue weighted by atomic mass is 16.2. The van der Waals surface area contributed by atoms with Crippen LogP contribution in [-0.2, 0) is 9.59 Å². The maximum atomic E-state index is 12.6. The molecule has 6 nitrogen and oxygen atoms in total. The molecule has 0 aliphatic carbocycles. The molecule has 0 radical (unpaired) electrons. The molecule has 3 amide bonds. The molecule has 0 bridgehead atoms. The molecule has 2 aromatic carbocycles. The van der Waals surface area contributed by atoms with Crippen LogP contribution in [0.25, 0.3) is 0 Å². The number of amides is 3. The Kier molecular flexibility index (Phi) is 4.79. The van der Waals surface area contributed by atoms with E-state index >= 15 is 0 Å². The van der Waals surface area contributed by atoms with Crippen molar-refractivity contribution in [3.8, 4) is 0 Å².